The highest BCUT2D eigenvalue weighted by molar-refractivity contribution is 7.05. The summed E-state index contributed by atoms with van der Waals surface area (Å²) in [5.41, 5.74) is -0.916. The maximum Gasteiger partial charge on any atom is 0.416 e. The fourth-order valence-electron chi connectivity index (χ4n) is 2.03. The number of hydrogen-bond acceptors (Lipinski definition) is 4. The van der Waals surface area contributed by atoms with E-state index >= 15 is 0 Å². The number of aliphatic hydroxyl groups excluding tert-OH is 1. The van der Waals surface area contributed by atoms with E-state index in [0.29, 0.717) is 10.6 Å². The van der Waals surface area contributed by atoms with Gasteiger partial charge in [-0.2, -0.15) is 13.2 Å². The van der Waals surface area contributed by atoms with Crippen LogP contribution in [0.3, 0.4) is 0 Å². The molecule has 0 aliphatic heterocycles. The van der Waals surface area contributed by atoms with Crippen LogP contribution in [0.4, 0.5) is 13.2 Å². The van der Waals surface area contributed by atoms with Gasteiger partial charge in [-0.25, -0.2) is 0 Å². The number of benzene rings is 1. The van der Waals surface area contributed by atoms with Gasteiger partial charge < -0.3 is 5.11 Å². The minimum Gasteiger partial charge on any atom is -0.383 e. The first-order chi connectivity index (χ1) is 9.62. The first-order valence-electron chi connectivity index (χ1n) is 6.29. The topological polar surface area (TPSA) is 46.0 Å². The third kappa shape index (κ3) is 3.24. The number of rotatable bonds is 2. The summed E-state index contributed by atoms with van der Waals surface area (Å²) in [5.74, 6) is 0. The van der Waals surface area contributed by atoms with E-state index in [2.05, 4.69) is 9.59 Å². The van der Waals surface area contributed by atoms with Gasteiger partial charge in [-0.3, -0.25) is 0 Å². The quantitative estimate of drug-likeness (QED) is 0.913. The monoisotopic (exact) mass is 316 g/mol. The summed E-state index contributed by atoms with van der Waals surface area (Å²) in [4.78, 5) is 0.346. The molecule has 1 N–H and O–H groups in total. The molecule has 0 saturated heterocycles. The van der Waals surface area contributed by atoms with Gasteiger partial charge in [0.2, 0.25) is 0 Å². The molecule has 0 amide bonds. The van der Waals surface area contributed by atoms with Crippen molar-refractivity contribution in [2.75, 3.05) is 0 Å². The smallest absolute Gasteiger partial charge is 0.383 e. The second-order valence-corrected chi connectivity index (χ2v) is 6.51. The summed E-state index contributed by atoms with van der Waals surface area (Å²) in [6.07, 6.45) is -5.91. The van der Waals surface area contributed by atoms with Gasteiger partial charge in [0.05, 0.1) is 16.1 Å². The van der Waals surface area contributed by atoms with Gasteiger partial charge in [0.25, 0.3) is 0 Å². The Morgan fingerprint density at radius 2 is 1.76 bits per heavy atom. The summed E-state index contributed by atoms with van der Waals surface area (Å²) in [6, 6.07) is 5.01. The van der Waals surface area contributed by atoms with Gasteiger partial charge in [0.1, 0.15) is 6.10 Å². The molecule has 7 heteroatoms. The average molecular weight is 316 g/mol. The molecular weight excluding hydrogens is 301 g/mol. The maximum atomic E-state index is 13.0. The summed E-state index contributed by atoms with van der Waals surface area (Å²) in [7, 11) is 0. The van der Waals surface area contributed by atoms with E-state index in [4.69, 9.17) is 0 Å². The molecule has 114 valence electrons. The van der Waals surface area contributed by atoms with Crippen LogP contribution in [-0.2, 0) is 11.6 Å². The van der Waals surface area contributed by atoms with Crippen LogP contribution in [0.25, 0.3) is 0 Å². The van der Waals surface area contributed by atoms with Crippen molar-refractivity contribution in [2.45, 2.75) is 38.5 Å². The molecule has 1 atom stereocenters. The van der Waals surface area contributed by atoms with Crippen molar-refractivity contribution in [3.8, 4) is 0 Å². The van der Waals surface area contributed by atoms with E-state index in [-0.39, 0.29) is 5.56 Å². The molecule has 2 aromatic rings. The van der Waals surface area contributed by atoms with E-state index < -0.39 is 23.3 Å². The van der Waals surface area contributed by atoms with Gasteiger partial charge in [-0.15, -0.1) is 5.10 Å². The summed E-state index contributed by atoms with van der Waals surface area (Å²) in [6.45, 7) is 5.61. The van der Waals surface area contributed by atoms with Crippen LogP contribution in [0.2, 0.25) is 0 Å². The van der Waals surface area contributed by atoms with Gasteiger partial charge in [0.15, 0.2) is 0 Å². The van der Waals surface area contributed by atoms with E-state index in [1.807, 2.05) is 20.8 Å². The lowest BCUT2D eigenvalue weighted by molar-refractivity contribution is -0.139. The normalized spacial score (nSPS) is 14.2. The Balaban J connectivity index is 2.52. The highest BCUT2D eigenvalue weighted by Crippen LogP contribution is 2.39. The fourth-order valence-corrected chi connectivity index (χ4v) is 2.90. The van der Waals surface area contributed by atoms with Gasteiger partial charge in [-0.05, 0) is 23.2 Å². The van der Waals surface area contributed by atoms with Crippen LogP contribution < -0.4 is 0 Å². The fraction of sp³-hybridized carbons (Fsp3) is 0.429. The van der Waals surface area contributed by atoms with Crippen molar-refractivity contribution in [3.63, 3.8) is 0 Å². The van der Waals surface area contributed by atoms with E-state index in [9.17, 15) is 18.3 Å². The lowest BCUT2D eigenvalue weighted by Gasteiger charge is -2.21. The predicted molar refractivity (Wildman–Crippen MR) is 74.1 cm³/mol. The van der Waals surface area contributed by atoms with E-state index in [1.165, 1.54) is 18.2 Å². The maximum absolute atomic E-state index is 13.0. The minimum absolute atomic E-state index is 0.179. The van der Waals surface area contributed by atoms with Crippen LogP contribution in [0.1, 0.15) is 48.6 Å². The van der Waals surface area contributed by atoms with Gasteiger partial charge in [-0.1, -0.05) is 43.5 Å². The first kappa shape index (κ1) is 15.9. The predicted octanol–water partition coefficient (Wildman–Crippen LogP) is 3.94. The van der Waals surface area contributed by atoms with Crippen LogP contribution in [0, 0.1) is 0 Å². The molecule has 1 heterocycles. The number of nitrogens with zero attached hydrogens (tertiary/aromatic N) is 2. The minimum atomic E-state index is -4.52. The zero-order valence-corrected chi connectivity index (χ0v) is 12.6. The van der Waals surface area contributed by atoms with Crippen LogP contribution >= 0.6 is 11.5 Å². The molecule has 1 unspecified atom stereocenters. The molecule has 0 saturated carbocycles. The van der Waals surface area contributed by atoms with Crippen molar-refractivity contribution in [2.24, 2.45) is 0 Å². The third-order valence-electron chi connectivity index (χ3n) is 3.03. The van der Waals surface area contributed by atoms with Crippen molar-refractivity contribution >= 4 is 11.5 Å². The lowest BCUT2D eigenvalue weighted by Crippen LogP contribution is -2.18. The Hall–Kier alpha value is -1.47. The van der Waals surface area contributed by atoms with E-state index in [0.717, 1.165) is 17.6 Å². The molecule has 1 aromatic carbocycles. The van der Waals surface area contributed by atoms with Crippen LogP contribution in [-0.4, -0.2) is 14.7 Å². The Kier molecular flexibility index (Phi) is 4.08. The van der Waals surface area contributed by atoms with Crippen molar-refractivity contribution in [3.05, 3.63) is 46.0 Å². The Morgan fingerprint density at radius 1 is 1.14 bits per heavy atom. The van der Waals surface area contributed by atoms with Crippen molar-refractivity contribution < 1.29 is 18.3 Å². The van der Waals surface area contributed by atoms with Crippen molar-refractivity contribution in [1.29, 1.82) is 0 Å². The molecule has 0 spiro atoms. The highest BCUT2D eigenvalue weighted by atomic mass is 32.1. The van der Waals surface area contributed by atoms with Crippen LogP contribution in [0.5, 0.6) is 0 Å². The lowest BCUT2D eigenvalue weighted by atomic mass is 9.89. The average Bonchev–Trinajstić information content (AvgIpc) is 2.86. The Morgan fingerprint density at radius 3 is 2.33 bits per heavy atom. The second-order valence-electron chi connectivity index (χ2n) is 5.72. The molecule has 2 rings (SSSR count). The summed E-state index contributed by atoms with van der Waals surface area (Å²) >= 11 is 0.920. The Labute approximate surface area is 124 Å². The third-order valence-corrected chi connectivity index (χ3v) is 3.81. The number of aromatic nitrogens is 2. The SMILES string of the molecule is CC(C)(C)c1nnsc1C(O)c1ccccc1C(F)(F)F. The second kappa shape index (κ2) is 5.38. The highest BCUT2D eigenvalue weighted by Gasteiger charge is 2.36. The number of aliphatic hydroxyl groups is 1. The number of hydrogen-bond donors (Lipinski definition) is 1. The molecule has 0 aliphatic carbocycles. The van der Waals surface area contributed by atoms with Crippen LogP contribution in [0.15, 0.2) is 24.3 Å². The first-order valence-corrected chi connectivity index (χ1v) is 7.06. The zero-order valence-electron chi connectivity index (χ0n) is 11.8. The molecular formula is C14H15F3N2OS. The molecule has 1 aromatic heterocycles. The van der Waals surface area contributed by atoms with E-state index in [1.54, 1.807) is 0 Å². The summed E-state index contributed by atoms with van der Waals surface area (Å²) in [5, 5.41) is 14.4. The summed E-state index contributed by atoms with van der Waals surface area (Å²) < 4.78 is 42.9. The van der Waals surface area contributed by atoms with Gasteiger partial charge in [0, 0.05) is 5.41 Å². The number of halogens is 3. The van der Waals surface area contributed by atoms with Gasteiger partial charge >= 0.3 is 6.18 Å². The zero-order chi connectivity index (χ0) is 15.8. The molecule has 21 heavy (non-hydrogen) atoms. The molecule has 0 bridgehead atoms. The molecule has 0 fully saturated rings. The molecule has 3 nitrogen and oxygen atoms in total. The molecule has 0 aliphatic rings. The number of alkyl halides is 3. The Bertz CT molecular complexity index is 632. The molecule has 0 radical (unpaired) electrons. The largest absolute Gasteiger partial charge is 0.416 e. The standard InChI is InChI=1S/C14H15F3N2OS/c1-13(2,3)12-11(21-19-18-12)10(20)8-6-4-5-7-9(8)14(15,16)17/h4-7,10,20H,1-3H3. The van der Waals surface area contributed by atoms with Crippen molar-refractivity contribution in [1.82, 2.24) is 9.59 Å².